The molecule has 0 heterocycles. The van der Waals surface area contributed by atoms with Gasteiger partial charge in [-0.2, -0.15) is 0 Å². The fourth-order valence-electron chi connectivity index (χ4n) is 1.15. The average molecular weight is 441 g/mol. The lowest BCUT2D eigenvalue weighted by molar-refractivity contribution is 1.46. The summed E-state index contributed by atoms with van der Waals surface area (Å²) in [4.78, 5) is 1.50. The molecule has 0 amide bonds. The fourth-order valence-corrected chi connectivity index (χ4v) is 3.36. The van der Waals surface area contributed by atoms with Gasteiger partial charge < -0.3 is 0 Å². The molecule has 2 aromatic carbocycles. The molecular weight excluding hydrogens is 433 g/mol. The summed E-state index contributed by atoms with van der Waals surface area (Å²) in [6, 6.07) is 10.3. The highest BCUT2D eigenvalue weighted by Gasteiger charge is 2.06. The first-order valence-corrected chi connectivity index (χ1v) is 9.04. The summed E-state index contributed by atoms with van der Waals surface area (Å²) in [5.41, 5.74) is 0. The summed E-state index contributed by atoms with van der Waals surface area (Å²) in [5.74, 6) is 0. The first-order valence-electron chi connectivity index (χ1n) is 5.33. The Bertz CT molecular complexity index is 603. The molecule has 0 fully saturated rings. The largest absolute Gasteiger partial charge is 0.157 e. The van der Waals surface area contributed by atoms with Crippen LogP contribution in [-0.4, -0.2) is 4.17 Å². The number of hydrogen-bond donors (Lipinski definition) is 1. The van der Waals surface area contributed by atoms with Crippen molar-refractivity contribution in [2.45, 2.75) is 14.0 Å². The number of halogens is 6. The molecule has 2 aromatic rings. The first kappa shape index (κ1) is 19.9. The maximum Gasteiger partial charge on any atom is 0.157 e. The number of hydrogen-bond acceptors (Lipinski definition) is 2. The second kappa shape index (κ2) is 9.89. The van der Waals surface area contributed by atoms with Crippen molar-refractivity contribution in [1.29, 1.82) is 0 Å². The van der Waals surface area contributed by atoms with Crippen molar-refractivity contribution in [3.8, 4) is 0 Å². The van der Waals surface area contributed by atoms with E-state index in [1.807, 2.05) is 0 Å². The number of thiol groups is 1. The van der Waals surface area contributed by atoms with Crippen LogP contribution < -0.4 is 0 Å². The van der Waals surface area contributed by atoms with Gasteiger partial charge in [-0.25, -0.2) is 0 Å². The lowest BCUT2D eigenvalue weighted by atomic mass is 10.4. The van der Waals surface area contributed by atoms with Crippen molar-refractivity contribution in [3.05, 3.63) is 56.5 Å². The minimum Gasteiger partial charge on any atom is -0.142 e. The average Bonchev–Trinajstić information content (AvgIpc) is 2.39. The molecule has 0 bridgehead atoms. The van der Waals surface area contributed by atoms with E-state index >= 15 is 0 Å². The summed E-state index contributed by atoms with van der Waals surface area (Å²) in [5, 5.41) is 2.51. The van der Waals surface area contributed by atoms with E-state index in [0.717, 1.165) is 4.90 Å². The van der Waals surface area contributed by atoms with Gasteiger partial charge in [0.25, 0.3) is 0 Å². The van der Waals surface area contributed by atoms with E-state index in [1.165, 1.54) is 11.8 Å². The Hall–Kier alpha value is 0.880. The normalized spacial score (nSPS) is 10.3. The lowest BCUT2D eigenvalue weighted by Gasteiger charge is -2.03. The maximum absolute atomic E-state index is 5.84. The highest BCUT2D eigenvalue weighted by molar-refractivity contribution is 8.02. The molecule has 0 N–H and O–H groups in total. The molecule has 21 heavy (non-hydrogen) atoms. The molecule has 0 saturated heterocycles. The van der Waals surface area contributed by atoms with E-state index in [1.54, 1.807) is 36.4 Å². The number of alkyl halides is 2. The van der Waals surface area contributed by atoms with Crippen LogP contribution in [0.3, 0.4) is 0 Å². The molecule has 8 heteroatoms. The van der Waals surface area contributed by atoms with Gasteiger partial charge in [0.1, 0.15) is 0 Å². The summed E-state index contributed by atoms with van der Waals surface area (Å²) in [6.45, 7) is 0. The Morgan fingerprint density at radius 3 is 1.81 bits per heavy atom. The quantitative estimate of drug-likeness (QED) is 0.279. The minimum absolute atomic E-state index is 0.527. The predicted molar refractivity (Wildman–Crippen MR) is 102 cm³/mol. The molecule has 0 aliphatic carbocycles. The Balaban J connectivity index is 0.000000219. The van der Waals surface area contributed by atoms with E-state index in [0.29, 0.717) is 25.0 Å². The van der Waals surface area contributed by atoms with Crippen molar-refractivity contribution >= 4 is 94.0 Å². The van der Waals surface area contributed by atoms with E-state index in [-0.39, 0.29) is 0 Å². The monoisotopic (exact) mass is 438 g/mol. The first-order chi connectivity index (χ1) is 9.79. The van der Waals surface area contributed by atoms with E-state index in [9.17, 15) is 0 Å². The Kier molecular flexibility index (Phi) is 9.39. The van der Waals surface area contributed by atoms with Crippen LogP contribution in [0.4, 0.5) is 0 Å². The molecule has 0 atom stereocenters. The number of rotatable bonds is 2. The lowest BCUT2D eigenvalue weighted by Crippen LogP contribution is -1.79. The molecule has 0 aliphatic heterocycles. The van der Waals surface area contributed by atoms with Crippen LogP contribution in [0.25, 0.3) is 0 Å². The fraction of sp³-hybridized carbons (Fsp3) is 0.0769. The molecule has 0 aliphatic rings. The predicted octanol–water partition coefficient (Wildman–Crippen LogP) is 8.13. The highest BCUT2D eigenvalue weighted by Crippen LogP contribution is 2.35. The minimum atomic E-state index is -0.527. The van der Waals surface area contributed by atoms with Crippen LogP contribution >= 0.6 is 94.0 Å². The van der Waals surface area contributed by atoms with Crippen molar-refractivity contribution in [1.82, 2.24) is 0 Å². The van der Waals surface area contributed by atoms with Gasteiger partial charge in [-0.05, 0) is 36.4 Å². The number of thioether (sulfide) groups is 1. The zero-order valence-corrected chi connectivity index (χ0v) is 16.4. The van der Waals surface area contributed by atoms with Crippen LogP contribution in [0.15, 0.2) is 46.2 Å². The Morgan fingerprint density at radius 1 is 0.810 bits per heavy atom. The Labute approximate surface area is 163 Å². The van der Waals surface area contributed by atoms with Gasteiger partial charge in [-0.15, -0.1) is 12.6 Å². The van der Waals surface area contributed by atoms with Crippen molar-refractivity contribution in [3.63, 3.8) is 0 Å². The second-order valence-corrected chi connectivity index (χ2v) is 8.48. The summed E-state index contributed by atoms with van der Waals surface area (Å²) < 4.78 is -0.527. The zero-order valence-electron chi connectivity index (χ0n) is 10.2. The third-order valence-electron chi connectivity index (χ3n) is 2.02. The summed E-state index contributed by atoms with van der Waals surface area (Å²) in [6.07, 6.45) is 0. The standard InChI is InChI=1S/C7H4Cl4S.C6H4Cl2S/c8-4-1-2-5(9)6(3-4)12-7(10)11;7-4-1-2-5(8)6(9)3-4/h1-3,7H;1-3,9H. The second-order valence-electron chi connectivity index (χ2n) is 3.55. The maximum atomic E-state index is 5.84. The zero-order chi connectivity index (χ0) is 16.0. The molecular formula is C13H8Cl6S2. The van der Waals surface area contributed by atoms with Gasteiger partial charge in [-0.1, -0.05) is 81.4 Å². The van der Waals surface area contributed by atoms with Crippen molar-refractivity contribution in [2.75, 3.05) is 0 Å². The van der Waals surface area contributed by atoms with Crippen LogP contribution in [-0.2, 0) is 0 Å². The highest BCUT2D eigenvalue weighted by atomic mass is 35.5. The third-order valence-corrected chi connectivity index (χ3v) is 5.07. The van der Waals surface area contributed by atoms with Gasteiger partial charge >= 0.3 is 0 Å². The van der Waals surface area contributed by atoms with Crippen molar-refractivity contribution in [2.24, 2.45) is 0 Å². The molecule has 0 unspecified atom stereocenters. The molecule has 0 aromatic heterocycles. The Morgan fingerprint density at radius 2 is 1.33 bits per heavy atom. The summed E-state index contributed by atoms with van der Waals surface area (Å²) in [7, 11) is 0. The van der Waals surface area contributed by atoms with Crippen LogP contribution in [0.5, 0.6) is 0 Å². The third kappa shape index (κ3) is 7.81. The molecule has 0 nitrogen and oxygen atoms in total. The van der Waals surface area contributed by atoms with E-state index in [4.69, 9.17) is 69.6 Å². The van der Waals surface area contributed by atoms with Gasteiger partial charge in [0.2, 0.25) is 0 Å². The topological polar surface area (TPSA) is 0 Å². The van der Waals surface area contributed by atoms with Gasteiger partial charge in [-0.3, -0.25) is 0 Å². The molecule has 0 saturated carbocycles. The SMILES string of the molecule is Clc1ccc(Cl)c(SC(Cl)Cl)c1.Sc1cc(Cl)ccc1Cl. The molecule has 0 radical (unpaired) electrons. The van der Waals surface area contributed by atoms with Crippen molar-refractivity contribution < 1.29 is 0 Å². The van der Waals surface area contributed by atoms with E-state index in [2.05, 4.69) is 12.6 Å². The molecule has 2 rings (SSSR count). The van der Waals surface area contributed by atoms with Gasteiger partial charge in [0.15, 0.2) is 4.17 Å². The summed E-state index contributed by atoms with van der Waals surface area (Å²) >= 11 is 39.3. The van der Waals surface area contributed by atoms with Crippen LogP contribution in [0, 0.1) is 0 Å². The van der Waals surface area contributed by atoms with Crippen LogP contribution in [0.1, 0.15) is 0 Å². The van der Waals surface area contributed by atoms with Gasteiger partial charge in [0, 0.05) is 19.8 Å². The molecule has 114 valence electrons. The number of benzene rings is 2. The molecule has 0 spiro atoms. The van der Waals surface area contributed by atoms with E-state index < -0.39 is 4.17 Å². The van der Waals surface area contributed by atoms with Gasteiger partial charge in [0.05, 0.1) is 10.0 Å². The van der Waals surface area contributed by atoms with Crippen LogP contribution in [0.2, 0.25) is 20.1 Å². The smallest absolute Gasteiger partial charge is 0.142 e.